The first-order valence-electron chi connectivity index (χ1n) is 8.41. The third-order valence-electron chi connectivity index (χ3n) is 4.73. The first-order chi connectivity index (χ1) is 11.8. The lowest BCUT2D eigenvalue weighted by Gasteiger charge is -2.46. The highest BCUT2D eigenvalue weighted by Crippen LogP contribution is 2.32. The fourth-order valence-corrected chi connectivity index (χ4v) is 4.41. The molecule has 2 N–H and O–H groups in total. The number of nitrogens with zero attached hydrogens (tertiary/aromatic N) is 2. The van der Waals surface area contributed by atoms with Gasteiger partial charge in [0.25, 0.3) is 5.91 Å². The second-order valence-corrected chi connectivity index (χ2v) is 7.99. The Morgan fingerprint density at radius 3 is 2.64 bits per heavy atom. The van der Waals surface area contributed by atoms with E-state index in [4.69, 9.17) is 0 Å². The summed E-state index contributed by atoms with van der Waals surface area (Å²) in [4.78, 5) is 39.9. The smallest absolute Gasteiger partial charge is 0.311 e. The number of thiophene rings is 1. The molecule has 7 nitrogen and oxygen atoms in total. The van der Waals surface area contributed by atoms with Gasteiger partial charge in [-0.1, -0.05) is 0 Å². The van der Waals surface area contributed by atoms with Gasteiger partial charge in [-0.25, -0.2) is 0 Å². The number of β-amino-alcohol motifs (C(OH)–C–C–N with tert-alkyl or cyclic N) is 1. The van der Waals surface area contributed by atoms with Crippen LogP contribution in [0.1, 0.15) is 33.6 Å². The van der Waals surface area contributed by atoms with Gasteiger partial charge in [0.1, 0.15) is 5.60 Å². The molecule has 8 heteroatoms. The predicted molar refractivity (Wildman–Crippen MR) is 93.5 cm³/mol. The number of rotatable bonds is 3. The van der Waals surface area contributed by atoms with Crippen LogP contribution in [-0.2, 0) is 22.4 Å². The van der Waals surface area contributed by atoms with Gasteiger partial charge in [0.15, 0.2) is 0 Å². The molecule has 1 aliphatic carbocycles. The molecule has 136 valence electrons. The van der Waals surface area contributed by atoms with E-state index in [-0.39, 0.29) is 25.5 Å². The van der Waals surface area contributed by atoms with Crippen molar-refractivity contribution in [1.82, 2.24) is 15.1 Å². The molecule has 3 amide bonds. The number of likely N-dealkylation sites (N-methyl/N-ethyl adjacent to an activating group) is 1. The molecule has 0 unspecified atom stereocenters. The fraction of sp³-hybridized carbons (Fsp3) is 0.588. The average Bonchev–Trinajstić information content (AvgIpc) is 2.99. The van der Waals surface area contributed by atoms with Crippen LogP contribution in [0, 0.1) is 0 Å². The Morgan fingerprint density at radius 2 is 1.96 bits per heavy atom. The summed E-state index contributed by atoms with van der Waals surface area (Å²) in [5, 5.41) is 14.8. The van der Waals surface area contributed by atoms with Crippen molar-refractivity contribution in [1.29, 1.82) is 0 Å². The second-order valence-electron chi connectivity index (χ2n) is 7.03. The Hall–Kier alpha value is -1.93. The number of carbonyl (C=O) groups excluding carboxylic acids is 3. The van der Waals surface area contributed by atoms with Gasteiger partial charge in [0.2, 0.25) is 0 Å². The van der Waals surface area contributed by atoms with E-state index in [0.29, 0.717) is 0 Å². The Labute approximate surface area is 150 Å². The van der Waals surface area contributed by atoms with Crippen LogP contribution in [0.5, 0.6) is 0 Å². The highest BCUT2D eigenvalue weighted by atomic mass is 32.1. The first kappa shape index (κ1) is 17.9. The molecule has 2 heterocycles. The molecule has 0 spiro atoms. The maximum absolute atomic E-state index is 12.7. The summed E-state index contributed by atoms with van der Waals surface area (Å²) in [7, 11) is 2.98. The van der Waals surface area contributed by atoms with Crippen LogP contribution in [0.25, 0.3) is 0 Å². The highest BCUT2D eigenvalue weighted by molar-refractivity contribution is 7.10. The highest BCUT2D eigenvalue weighted by Gasteiger charge is 2.44. The molecule has 2 aliphatic rings. The van der Waals surface area contributed by atoms with Crippen LogP contribution < -0.4 is 5.32 Å². The van der Waals surface area contributed by atoms with Gasteiger partial charge in [-0.3, -0.25) is 14.4 Å². The van der Waals surface area contributed by atoms with Crippen molar-refractivity contribution in [3.63, 3.8) is 0 Å². The number of aliphatic hydroxyl groups is 1. The van der Waals surface area contributed by atoms with Crippen molar-refractivity contribution >= 4 is 29.1 Å². The number of hydrogen-bond acceptors (Lipinski definition) is 5. The van der Waals surface area contributed by atoms with Crippen LogP contribution >= 0.6 is 11.3 Å². The topological polar surface area (TPSA) is 89.9 Å². The number of carbonyl (C=O) groups is 3. The Bertz CT molecular complexity index is 707. The van der Waals surface area contributed by atoms with Gasteiger partial charge < -0.3 is 20.2 Å². The first-order valence-corrected chi connectivity index (χ1v) is 9.29. The number of hydrogen-bond donors (Lipinski definition) is 2. The van der Waals surface area contributed by atoms with E-state index >= 15 is 0 Å². The lowest BCUT2D eigenvalue weighted by Crippen LogP contribution is -2.68. The minimum atomic E-state index is -1.17. The minimum Gasteiger partial charge on any atom is -0.384 e. The minimum absolute atomic E-state index is 0.0447. The van der Waals surface area contributed by atoms with Crippen molar-refractivity contribution < 1.29 is 19.5 Å². The maximum Gasteiger partial charge on any atom is 0.311 e. The van der Waals surface area contributed by atoms with Gasteiger partial charge >= 0.3 is 11.8 Å². The van der Waals surface area contributed by atoms with Gasteiger partial charge in [-0.15, -0.1) is 11.3 Å². The number of fused-ring (bicyclic) bond motifs is 1. The van der Waals surface area contributed by atoms with E-state index in [0.717, 1.165) is 24.8 Å². The van der Waals surface area contributed by atoms with E-state index in [9.17, 15) is 19.5 Å². The van der Waals surface area contributed by atoms with Crippen LogP contribution in [0.2, 0.25) is 0 Å². The van der Waals surface area contributed by atoms with Crippen LogP contribution in [0.3, 0.4) is 0 Å². The van der Waals surface area contributed by atoms with Crippen molar-refractivity contribution in [2.45, 2.75) is 31.3 Å². The van der Waals surface area contributed by atoms with Crippen molar-refractivity contribution in [3.05, 3.63) is 21.4 Å². The molecule has 0 radical (unpaired) electrons. The summed E-state index contributed by atoms with van der Waals surface area (Å²) < 4.78 is 0. The van der Waals surface area contributed by atoms with E-state index in [2.05, 4.69) is 5.32 Å². The molecule has 1 aromatic heterocycles. The quantitative estimate of drug-likeness (QED) is 0.739. The molecule has 3 rings (SSSR count). The summed E-state index contributed by atoms with van der Waals surface area (Å²) in [6.07, 6.45) is 4.28. The normalized spacial score (nSPS) is 18.1. The molecule has 0 aromatic carbocycles. The second kappa shape index (κ2) is 6.76. The number of amides is 3. The van der Waals surface area contributed by atoms with E-state index in [1.165, 1.54) is 35.9 Å². The zero-order chi connectivity index (χ0) is 18.2. The summed E-state index contributed by atoms with van der Waals surface area (Å²) in [5.74, 6) is -1.48. The SMILES string of the molecule is CN(C)C(=O)C(=O)NCC1(O)CN(C(=O)c2csc3c2CCCC3)C1. The predicted octanol–water partition coefficient (Wildman–Crippen LogP) is 0.0182. The number of aryl methyl sites for hydroxylation is 1. The van der Waals surface area contributed by atoms with Gasteiger partial charge in [0.05, 0.1) is 25.2 Å². The van der Waals surface area contributed by atoms with E-state index < -0.39 is 17.4 Å². The molecule has 1 fully saturated rings. The Kier molecular flexibility index (Phi) is 4.83. The monoisotopic (exact) mass is 365 g/mol. The summed E-state index contributed by atoms with van der Waals surface area (Å²) in [5.41, 5.74) is 0.753. The molecule has 1 aromatic rings. The maximum atomic E-state index is 12.7. The standard InChI is InChI=1S/C17H23N3O4S/c1-19(2)16(23)14(21)18-8-17(24)9-20(10-17)15(22)12-7-25-13-6-4-3-5-11(12)13/h7,24H,3-6,8-10H2,1-2H3,(H,18,21). The van der Waals surface area contributed by atoms with Crippen molar-refractivity contribution in [3.8, 4) is 0 Å². The van der Waals surface area contributed by atoms with E-state index in [1.54, 1.807) is 16.2 Å². The van der Waals surface area contributed by atoms with Crippen LogP contribution in [0.15, 0.2) is 5.38 Å². The summed E-state index contributed by atoms with van der Waals surface area (Å²) in [6, 6.07) is 0. The Morgan fingerprint density at radius 1 is 1.28 bits per heavy atom. The van der Waals surface area contributed by atoms with Gasteiger partial charge in [-0.05, 0) is 31.2 Å². The lowest BCUT2D eigenvalue weighted by molar-refractivity contribution is -0.145. The fourth-order valence-electron chi connectivity index (χ4n) is 3.29. The largest absolute Gasteiger partial charge is 0.384 e. The number of nitrogens with one attached hydrogen (secondary N) is 1. The molecule has 0 bridgehead atoms. The average molecular weight is 365 g/mol. The molecule has 1 saturated heterocycles. The lowest BCUT2D eigenvalue weighted by atomic mass is 9.91. The molecular weight excluding hydrogens is 342 g/mol. The van der Waals surface area contributed by atoms with Gasteiger partial charge in [-0.2, -0.15) is 0 Å². The van der Waals surface area contributed by atoms with Crippen LogP contribution in [-0.4, -0.2) is 72.0 Å². The summed E-state index contributed by atoms with van der Waals surface area (Å²) in [6.45, 7) is 0.275. The van der Waals surface area contributed by atoms with E-state index in [1.807, 2.05) is 5.38 Å². The number of likely N-dealkylation sites (tertiary alicyclic amines) is 1. The molecule has 25 heavy (non-hydrogen) atoms. The van der Waals surface area contributed by atoms with Crippen molar-refractivity contribution in [2.75, 3.05) is 33.7 Å². The molecule has 0 saturated carbocycles. The van der Waals surface area contributed by atoms with Crippen molar-refractivity contribution in [2.24, 2.45) is 0 Å². The third kappa shape index (κ3) is 3.55. The molecule has 1 aliphatic heterocycles. The zero-order valence-electron chi connectivity index (χ0n) is 14.5. The third-order valence-corrected chi connectivity index (χ3v) is 5.82. The Balaban J connectivity index is 1.54. The summed E-state index contributed by atoms with van der Waals surface area (Å²) >= 11 is 1.64. The van der Waals surface area contributed by atoms with Gasteiger partial charge in [0, 0.05) is 24.4 Å². The molecular formula is C17H23N3O4S. The zero-order valence-corrected chi connectivity index (χ0v) is 15.3. The molecule has 0 atom stereocenters. The van der Waals surface area contributed by atoms with Crippen LogP contribution in [0.4, 0.5) is 0 Å².